The van der Waals surface area contributed by atoms with Crippen molar-refractivity contribution in [1.29, 1.82) is 0 Å². The summed E-state index contributed by atoms with van der Waals surface area (Å²) in [7, 11) is 0. The van der Waals surface area contributed by atoms with Gasteiger partial charge in [0.15, 0.2) is 5.69 Å². The summed E-state index contributed by atoms with van der Waals surface area (Å²) in [5.41, 5.74) is 6.74. The number of amides is 1. The third-order valence-corrected chi connectivity index (χ3v) is 5.31. The number of carbonyl (C=O) groups is 1. The fraction of sp³-hybridized carbons (Fsp3) is 0.217. The third-order valence-electron chi connectivity index (χ3n) is 5.31. The molecule has 0 bridgehead atoms. The average Bonchev–Trinajstić information content (AvgIpc) is 2.82. The number of nitrogens with two attached hydrogens (primary N) is 1. The average molecular weight is 467 g/mol. The Balaban J connectivity index is 1.70. The minimum Gasteiger partial charge on any atom is -0.383 e. The molecule has 0 spiro atoms. The highest BCUT2D eigenvalue weighted by atomic mass is 19.4. The number of halogens is 3. The number of hydrogen-bond acceptors (Lipinski definition) is 7. The van der Waals surface area contributed by atoms with Gasteiger partial charge in [-0.05, 0) is 49.7 Å². The monoisotopic (exact) mass is 467 g/mol. The molecule has 174 valence electrons. The first-order valence-corrected chi connectivity index (χ1v) is 10.3. The molecule has 8 nitrogen and oxygen atoms in total. The van der Waals surface area contributed by atoms with E-state index in [0.717, 1.165) is 17.1 Å². The molecule has 11 heteroatoms. The lowest BCUT2D eigenvalue weighted by atomic mass is 10.1. The zero-order chi connectivity index (χ0) is 24.5. The van der Waals surface area contributed by atoms with Gasteiger partial charge in [0, 0.05) is 23.3 Å². The van der Waals surface area contributed by atoms with Gasteiger partial charge in [0.05, 0.1) is 36.2 Å². The molecular formula is C23H20F3N7O. The molecular weight excluding hydrogens is 447 g/mol. The Morgan fingerprint density at radius 2 is 1.82 bits per heavy atom. The van der Waals surface area contributed by atoms with Crippen LogP contribution in [0.15, 0.2) is 55.1 Å². The lowest BCUT2D eigenvalue weighted by Crippen LogP contribution is -2.34. The van der Waals surface area contributed by atoms with Gasteiger partial charge in [0.25, 0.3) is 5.91 Å². The zero-order valence-corrected chi connectivity index (χ0v) is 18.3. The summed E-state index contributed by atoms with van der Waals surface area (Å²) in [6.07, 6.45) is 0.157. The number of nitrogens with zero attached hydrogens (tertiary/aromatic N) is 6. The molecule has 4 aromatic rings. The van der Waals surface area contributed by atoms with Gasteiger partial charge in [-0.25, -0.2) is 19.9 Å². The standard InChI is InChI=1S/C23H20F3N7O/c1-13-8-16-9-15(4-5-18(16)32-20(13)27)22(34)33(14(2)21-28-6-3-7-29-21)12-17-10-31-19(11-30-17)23(24,25)26/h3-11,14H,12H2,1-2H3,(H2,27,32)/t14-/m1/s1. The van der Waals surface area contributed by atoms with E-state index < -0.39 is 17.9 Å². The molecule has 1 amide bonds. The topological polar surface area (TPSA) is 111 Å². The number of hydrogen-bond donors (Lipinski definition) is 1. The normalized spacial score (nSPS) is 12.5. The molecule has 4 rings (SSSR count). The maximum atomic E-state index is 13.6. The molecule has 1 aromatic carbocycles. The van der Waals surface area contributed by atoms with E-state index in [4.69, 9.17) is 5.73 Å². The quantitative estimate of drug-likeness (QED) is 0.470. The molecule has 0 aliphatic rings. The lowest BCUT2D eigenvalue weighted by Gasteiger charge is -2.28. The summed E-state index contributed by atoms with van der Waals surface area (Å²) < 4.78 is 38.6. The summed E-state index contributed by atoms with van der Waals surface area (Å²) >= 11 is 0. The summed E-state index contributed by atoms with van der Waals surface area (Å²) in [6, 6.07) is 7.90. The van der Waals surface area contributed by atoms with E-state index in [-0.39, 0.29) is 18.1 Å². The van der Waals surface area contributed by atoms with E-state index >= 15 is 0 Å². The predicted octanol–water partition coefficient (Wildman–Crippen LogP) is 4.13. The Morgan fingerprint density at radius 3 is 2.47 bits per heavy atom. The van der Waals surface area contributed by atoms with Crippen LogP contribution in [0.5, 0.6) is 0 Å². The van der Waals surface area contributed by atoms with Gasteiger partial charge in [-0.3, -0.25) is 9.78 Å². The van der Waals surface area contributed by atoms with Crippen LogP contribution >= 0.6 is 0 Å². The number of alkyl halides is 3. The Labute approximate surface area is 192 Å². The number of benzene rings is 1. The molecule has 3 heterocycles. The van der Waals surface area contributed by atoms with Crippen LogP contribution in [-0.4, -0.2) is 35.7 Å². The van der Waals surface area contributed by atoms with Crippen LogP contribution in [0.4, 0.5) is 19.0 Å². The van der Waals surface area contributed by atoms with Crippen LogP contribution in [0.2, 0.25) is 0 Å². The molecule has 0 saturated heterocycles. The van der Waals surface area contributed by atoms with E-state index in [9.17, 15) is 18.0 Å². The highest BCUT2D eigenvalue weighted by Gasteiger charge is 2.33. The van der Waals surface area contributed by atoms with Crippen molar-refractivity contribution in [3.8, 4) is 0 Å². The number of carbonyl (C=O) groups excluding carboxylic acids is 1. The van der Waals surface area contributed by atoms with Gasteiger partial charge >= 0.3 is 6.18 Å². The number of anilines is 1. The number of fused-ring (bicyclic) bond motifs is 1. The van der Waals surface area contributed by atoms with Crippen molar-refractivity contribution in [3.05, 3.63) is 83.5 Å². The van der Waals surface area contributed by atoms with Crippen LogP contribution in [0.1, 0.15) is 46.1 Å². The molecule has 0 saturated carbocycles. The third kappa shape index (κ3) is 4.77. The second-order valence-corrected chi connectivity index (χ2v) is 7.70. The molecule has 0 aliphatic carbocycles. The molecule has 3 aromatic heterocycles. The van der Waals surface area contributed by atoms with Gasteiger partial charge in [-0.2, -0.15) is 13.2 Å². The van der Waals surface area contributed by atoms with Crippen molar-refractivity contribution in [2.75, 3.05) is 5.73 Å². The summed E-state index contributed by atoms with van der Waals surface area (Å²) in [5, 5.41) is 0.732. The van der Waals surface area contributed by atoms with Crippen molar-refractivity contribution in [2.45, 2.75) is 32.6 Å². The number of aromatic nitrogens is 5. The van der Waals surface area contributed by atoms with Crippen molar-refractivity contribution in [1.82, 2.24) is 29.8 Å². The van der Waals surface area contributed by atoms with Crippen LogP contribution in [0.3, 0.4) is 0 Å². The van der Waals surface area contributed by atoms with E-state index in [0.29, 0.717) is 28.9 Å². The van der Waals surface area contributed by atoms with Gasteiger partial charge in [0.1, 0.15) is 11.6 Å². The summed E-state index contributed by atoms with van der Waals surface area (Å²) in [6.45, 7) is 3.46. The molecule has 34 heavy (non-hydrogen) atoms. The Kier molecular flexibility index (Phi) is 6.10. The van der Waals surface area contributed by atoms with Gasteiger partial charge in [-0.15, -0.1) is 0 Å². The Hall–Kier alpha value is -4.15. The van der Waals surface area contributed by atoms with Crippen LogP contribution < -0.4 is 5.73 Å². The first-order valence-electron chi connectivity index (χ1n) is 10.3. The Bertz CT molecular complexity index is 1330. The second kappa shape index (κ2) is 9.00. The smallest absolute Gasteiger partial charge is 0.383 e. The molecule has 2 N–H and O–H groups in total. The van der Waals surface area contributed by atoms with Crippen molar-refractivity contribution in [2.24, 2.45) is 0 Å². The lowest BCUT2D eigenvalue weighted by molar-refractivity contribution is -0.141. The van der Waals surface area contributed by atoms with Gasteiger partial charge in [-0.1, -0.05) is 0 Å². The fourth-order valence-electron chi connectivity index (χ4n) is 3.40. The maximum Gasteiger partial charge on any atom is 0.434 e. The van der Waals surface area contributed by atoms with Gasteiger partial charge in [0.2, 0.25) is 0 Å². The number of nitrogen functional groups attached to an aromatic ring is 1. The van der Waals surface area contributed by atoms with Crippen molar-refractivity contribution >= 4 is 22.6 Å². The molecule has 0 fully saturated rings. The number of rotatable bonds is 5. The van der Waals surface area contributed by atoms with Crippen LogP contribution in [0, 0.1) is 6.92 Å². The van der Waals surface area contributed by atoms with Crippen molar-refractivity contribution in [3.63, 3.8) is 0 Å². The number of aryl methyl sites for hydroxylation is 1. The zero-order valence-electron chi connectivity index (χ0n) is 18.3. The van der Waals surface area contributed by atoms with Crippen LogP contribution in [-0.2, 0) is 12.7 Å². The summed E-state index contributed by atoms with van der Waals surface area (Å²) in [4.78, 5) is 35.1. The van der Waals surface area contributed by atoms with E-state index in [1.807, 2.05) is 13.0 Å². The highest BCUT2D eigenvalue weighted by molar-refractivity contribution is 5.98. The first kappa shape index (κ1) is 23.0. The first-order chi connectivity index (χ1) is 16.1. The Morgan fingerprint density at radius 1 is 1.09 bits per heavy atom. The van der Waals surface area contributed by atoms with Gasteiger partial charge < -0.3 is 10.6 Å². The highest BCUT2D eigenvalue weighted by Crippen LogP contribution is 2.28. The SMILES string of the molecule is Cc1cc2cc(C(=O)N(Cc3cnc(C(F)(F)F)cn3)[C@H](C)c3ncccn3)ccc2nc1N. The fourth-order valence-corrected chi connectivity index (χ4v) is 3.40. The van der Waals surface area contributed by atoms with Crippen molar-refractivity contribution < 1.29 is 18.0 Å². The summed E-state index contributed by atoms with van der Waals surface area (Å²) in [5.74, 6) is 0.406. The predicted molar refractivity (Wildman–Crippen MR) is 118 cm³/mol. The minimum atomic E-state index is -4.60. The van der Waals surface area contributed by atoms with E-state index in [2.05, 4.69) is 24.9 Å². The minimum absolute atomic E-state index is 0.0968. The maximum absolute atomic E-state index is 13.6. The number of pyridine rings is 1. The van der Waals surface area contributed by atoms with Crippen LogP contribution in [0.25, 0.3) is 10.9 Å². The molecule has 0 unspecified atom stereocenters. The second-order valence-electron chi connectivity index (χ2n) is 7.70. The largest absolute Gasteiger partial charge is 0.434 e. The molecule has 0 aliphatic heterocycles. The van der Waals surface area contributed by atoms with E-state index in [1.165, 1.54) is 4.90 Å². The molecule has 1 atom stereocenters. The van der Waals surface area contributed by atoms with E-state index in [1.54, 1.807) is 43.6 Å². The molecule has 0 radical (unpaired) electrons.